The molecule has 0 aromatic heterocycles. The van der Waals surface area contributed by atoms with E-state index in [1.807, 2.05) is 0 Å². The Balaban J connectivity index is 1.96. The molecule has 4 atom stereocenters. The van der Waals surface area contributed by atoms with Crippen LogP contribution in [0.2, 0.25) is 0 Å². The van der Waals surface area contributed by atoms with Crippen LogP contribution in [0, 0.1) is 22.7 Å². The fourth-order valence-electron chi connectivity index (χ4n) is 5.72. The van der Waals surface area contributed by atoms with Gasteiger partial charge in [0.1, 0.15) is 0 Å². The van der Waals surface area contributed by atoms with Gasteiger partial charge in [0.2, 0.25) is 11.6 Å². The highest BCUT2D eigenvalue weighted by Gasteiger charge is 2.53. The Morgan fingerprint density at radius 3 is 2.69 bits per heavy atom. The van der Waals surface area contributed by atoms with Gasteiger partial charge in [0.25, 0.3) is 0 Å². The number of aliphatic hydroxyl groups is 1. The lowest BCUT2D eigenvalue weighted by Gasteiger charge is -2.58. The number of hydrogen-bond donors (Lipinski definition) is 1. The third kappa shape index (κ3) is 2.93. The summed E-state index contributed by atoms with van der Waals surface area (Å²) in [6.07, 6.45) is 9.81. The minimum absolute atomic E-state index is 0.0451. The molecule has 0 saturated heterocycles. The lowest BCUT2D eigenvalue weighted by atomic mass is 9.47. The monoisotopic (exact) mass is 358 g/mol. The normalized spacial score (nSPS) is 37.9. The molecule has 2 saturated carbocycles. The zero-order valence-corrected chi connectivity index (χ0v) is 16.1. The number of rotatable bonds is 4. The lowest BCUT2D eigenvalue weighted by molar-refractivity contribution is -0.121. The van der Waals surface area contributed by atoms with Crippen LogP contribution < -0.4 is 0 Å². The van der Waals surface area contributed by atoms with Crippen molar-refractivity contribution < 1.29 is 19.4 Å². The molecule has 0 heterocycles. The van der Waals surface area contributed by atoms with E-state index in [9.17, 15) is 14.7 Å². The second kappa shape index (κ2) is 6.71. The van der Waals surface area contributed by atoms with Crippen LogP contribution in [0.25, 0.3) is 0 Å². The van der Waals surface area contributed by atoms with Gasteiger partial charge in [-0.15, -0.1) is 0 Å². The molecule has 0 aromatic rings. The van der Waals surface area contributed by atoms with Crippen LogP contribution in [-0.2, 0) is 14.3 Å². The predicted octanol–water partition coefficient (Wildman–Crippen LogP) is 5.02. The van der Waals surface area contributed by atoms with Crippen LogP contribution in [0.3, 0.4) is 0 Å². The van der Waals surface area contributed by atoms with Gasteiger partial charge in [-0.3, -0.25) is 9.59 Å². The van der Waals surface area contributed by atoms with Crippen molar-refractivity contribution in [2.45, 2.75) is 65.7 Å². The second-order valence-electron chi connectivity index (χ2n) is 8.89. The number of ether oxygens (including phenoxy) is 1. The first-order valence-electron chi connectivity index (χ1n) is 9.73. The van der Waals surface area contributed by atoms with Crippen molar-refractivity contribution in [1.29, 1.82) is 0 Å². The van der Waals surface area contributed by atoms with E-state index >= 15 is 0 Å². The van der Waals surface area contributed by atoms with Crippen LogP contribution in [0.15, 0.2) is 36.0 Å². The van der Waals surface area contributed by atoms with Gasteiger partial charge in [-0.2, -0.15) is 0 Å². The van der Waals surface area contributed by atoms with E-state index in [1.165, 1.54) is 25.7 Å². The lowest BCUT2D eigenvalue weighted by Crippen LogP contribution is -2.50. The van der Waals surface area contributed by atoms with Gasteiger partial charge in [0.05, 0.1) is 6.26 Å². The minimum atomic E-state index is -0.560. The zero-order chi connectivity index (χ0) is 19.1. The summed E-state index contributed by atoms with van der Waals surface area (Å²) < 4.78 is 5.13. The van der Waals surface area contributed by atoms with Crippen LogP contribution in [0.5, 0.6) is 0 Å². The van der Waals surface area contributed by atoms with Crippen molar-refractivity contribution in [3.63, 3.8) is 0 Å². The maximum atomic E-state index is 12.8. The molecule has 0 bridgehead atoms. The van der Waals surface area contributed by atoms with Crippen LogP contribution in [-0.4, -0.2) is 16.7 Å². The number of carbonyl (C=O) groups excluding carboxylic acids is 2. The van der Waals surface area contributed by atoms with Gasteiger partial charge < -0.3 is 9.84 Å². The highest BCUT2D eigenvalue weighted by Crippen LogP contribution is 2.61. The van der Waals surface area contributed by atoms with Gasteiger partial charge in [-0.1, -0.05) is 40.2 Å². The molecule has 4 unspecified atom stereocenters. The van der Waals surface area contributed by atoms with Gasteiger partial charge >= 0.3 is 0 Å². The maximum absolute atomic E-state index is 12.8. The molecule has 0 aliphatic heterocycles. The minimum Gasteiger partial charge on any atom is -0.504 e. The standard InChI is InChI=1S/C22H30O4/c1-5-26-17-12-16(23)19(24)15(20(17)25)13-22(4)14(2)9-11-21(3)10-7-6-8-18(21)22/h5,12,14,18,24H,1,6-11,13H2,2-4H3. The second-order valence-corrected chi connectivity index (χ2v) is 8.89. The average molecular weight is 358 g/mol. The summed E-state index contributed by atoms with van der Waals surface area (Å²) >= 11 is 0. The van der Waals surface area contributed by atoms with E-state index in [0.717, 1.165) is 25.2 Å². The summed E-state index contributed by atoms with van der Waals surface area (Å²) in [5.41, 5.74) is 0.371. The Bertz CT molecular complexity index is 701. The highest BCUT2D eigenvalue weighted by atomic mass is 16.5. The van der Waals surface area contributed by atoms with Crippen molar-refractivity contribution >= 4 is 11.6 Å². The molecule has 1 N–H and O–H groups in total. The largest absolute Gasteiger partial charge is 0.504 e. The van der Waals surface area contributed by atoms with Crippen molar-refractivity contribution in [3.05, 3.63) is 36.0 Å². The molecule has 26 heavy (non-hydrogen) atoms. The van der Waals surface area contributed by atoms with E-state index in [-0.39, 0.29) is 22.2 Å². The van der Waals surface area contributed by atoms with Gasteiger partial charge in [-0.25, -0.2) is 0 Å². The molecule has 3 aliphatic rings. The smallest absolute Gasteiger partial charge is 0.228 e. The average Bonchev–Trinajstić information content (AvgIpc) is 2.61. The number of Topliss-reactive ketones (excluding diaryl/α,β-unsaturated/α-hetero) is 1. The van der Waals surface area contributed by atoms with E-state index in [2.05, 4.69) is 27.4 Å². The fraction of sp³-hybridized carbons (Fsp3) is 0.636. The highest BCUT2D eigenvalue weighted by molar-refractivity contribution is 6.20. The van der Waals surface area contributed by atoms with Crippen LogP contribution in [0.4, 0.5) is 0 Å². The number of fused-ring (bicyclic) bond motifs is 1. The maximum Gasteiger partial charge on any atom is 0.228 e. The molecule has 2 fully saturated rings. The van der Waals surface area contributed by atoms with Crippen molar-refractivity contribution in [2.75, 3.05) is 0 Å². The van der Waals surface area contributed by atoms with Crippen molar-refractivity contribution in [2.24, 2.45) is 22.7 Å². The molecule has 0 amide bonds. The quantitative estimate of drug-likeness (QED) is 0.566. The van der Waals surface area contributed by atoms with Gasteiger partial charge in [0, 0.05) is 11.6 Å². The number of hydrogen-bond acceptors (Lipinski definition) is 4. The predicted molar refractivity (Wildman–Crippen MR) is 100 cm³/mol. The first-order chi connectivity index (χ1) is 12.2. The molecule has 4 heteroatoms. The molecule has 4 nitrogen and oxygen atoms in total. The Labute approximate surface area is 156 Å². The van der Waals surface area contributed by atoms with Crippen LogP contribution >= 0.6 is 0 Å². The molecule has 3 aliphatic carbocycles. The molecule has 0 spiro atoms. The summed E-state index contributed by atoms with van der Waals surface area (Å²) in [4.78, 5) is 25.0. The Morgan fingerprint density at radius 2 is 2.00 bits per heavy atom. The molecule has 0 radical (unpaired) electrons. The topological polar surface area (TPSA) is 63.6 Å². The van der Waals surface area contributed by atoms with E-state index in [1.54, 1.807) is 0 Å². The van der Waals surface area contributed by atoms with Gasteiger partial charge in [0.15, 0.2) is 11.5 Å². The third-order valence-electron chi connectivity index (χ3n) is 7.45. The molecule has 0 aromatic carbocycles. The van der Waals surface area contributed by atoms with E-state index < -0.39 is 17.3 Å². The zero-order valence-electron chi connectivity index (χ0n) is 16.1. The molecular weight excluding hydrogens is 328 g/mol. The third-order valence-corrected chi connectivity index (χ3v) is 7.45. The van der Waals surface area contributed by atoms with Crippen molar-refractivity contribution in [3.8, 4) is 0 Å². The van der Waals surface area contributed by atoms with Crippen molar-refractivity contribution in [1.82, 2.24) is 0 Å². The summed E-state index contributed by atoms with van der Waals surface area (Å²) in [5, 5.41) is 10.4. The number of allylic oxidation sites excluding steroid dienone is 2. The number of aliphatic hydroxyl groups excluding tert-OH is 1. The van der Waals surface area contributed by atoms with E-state index in [4.69, 9.17) is 4.74 Å². The molecular formula is C22H30O4. The number of carbonyl (C=O) groups is 2. The summed E-state index contributed by atoms with van der Waals surface area (Å²) in [7, 11) is 0. The molecule has 142 valence electrons. The first kappa shape index (κ1) is 18.9. The van der Waals surface area contributed by atoms with E-state index in [0.29, 0.717) is 18.3 Å². The Kier molecular flexibility index (Phi) is 4.89. The first-order valence-corrected chi connectivity index (χ1v) is 9.73. The fourth-order valence-corrected chi connectivity index (χ4v) is 5.72. The summed E-state index contributed by atoms with van der Waals surface area (Å²) in [6.45, 7) is 10.3. The number of ketones is 2. The Hall–Kier alpha value is -1.84. The van der Waals surface area contributed by atoms with Gasteiger partial charge in [-0.05, 0) is 54.8 Å². The molecule has 3 rings (SSSR count). The van der Waals surface area contributed by atoms with Crippen LogP contribution in [0.1, 0.15) is 65.7 Å². The summed E-state index contributed by atoms with van der Waals surface area (Å²) in [5.74, 6) is -0.491. The summed E-state index contributed by atoms with van der Waals surface area (Å²) in [6, 6.07) is 0. The SMILES string of the molecule is C=COC1=CC(=O)C(O)=C(CC2(C)C(C)CCC3(C)CCCCC32)C1=O. The Morgan fingerprint density at radius 1 is 1.27 bits per heavy atom.